The Hall–Kier alpha value is -3.43. The molecule has 0 radical (unpaired) electrons. The molecular formula is C22H18F7N3O5S. The second-order valence-electron chi connectivity index (χ2n) is 7.94. The van der Waals surface area contributed by atoms with Gasteiger partial charge in [-0.25, -0.2) is 9.18 Å². The summed E-state index contributed by atoms with van der Waals surface area (Å²) in [6.45, 7) is -0.925. The van der Waals surface area contributed by atoms with E-state index < -0.39 is 60.7 Å². The summed E-state index contributed by atoms with van der Waals surface area (Å²) in [6.07, 6.45) is -10.5. The lowest BCUT2D eigenvalue weighted by Crippen LogP contribution is -2.44. The molecule has 1 aliphatic rings. The van der Waals surface area contributed by atoms with Gasteiger partial charge in [0, 0.05) is 36.2 Å². The summed E-state index contributed by atoms with van der Waals surface area (Å²) in [5, 5.41) is 2.20. The molecule has 1 unspecified atom stereocenters. The normalized spacial score (nSPS) is 15.2. The Balaban J connectivity index is 1.96. The van der Waals surface area contributed by atoms with Gasteiger partial charge in [0.15, 0.2) is 5.78 Å². The number of rotatable bonds is 7. The largest absolute Gasteiger partial charge is 0.491 e. The Kier molecular flexibility index (Phi) is 8.84. The summed E-state index contributed by atoms with van der Waals surface area (Å²) < 4.78 is 93.3. The maximum atomic E-state index is 13.2. The molecule has 3 rings (SSSR count). The molecule has 0 bridgehead atoms. The molecule has 1 aromatic heterocycles. The van der Waals surface area contributed by atoms with E-state index in [4.69, 9.17) is 0 Å². The van der Waals surface area contributed by atoms with Crippen molar-refractivity contribution in [1.29, 1.82) is 0 Å². The van der Waals surface area contributed by atoms with Gasteiger partial charge in [-0.3, -0.25) is 19.4 Å². The fraction of sp³-hybridized carbons (Fsp3) is 0.409. The van der Waals surface area contributed by atoms with Crippen molar-refractivity contribution < 1.29 is 54.6 Å². The summed E-state index contributed by atoms with van der Waals surface area (Å²) >= 11 is 1.60. The third-order valence-corrected chi connectivity index (χ3v) is 6.32. The summed E-state index contributed by atoms with van der Waals surface area (Å²) in [4.78, 5) is 53.4. The van der Waals surface area contributed by atoms with E-state index in [9.17, 15) is 49.9 Å². The second-order valence-corrected chi connectivity index (χ2v) is 9.16. The van der Waals surface area contributed by atoms with Gasteiger partial charge in [-0.1, -0.05) is 6.07 Å². The molecule has 1 aliphatic heterocycles. The highest BCUT2D eigenvalue weighted by Crippen LogP contribution is 2.36. The van der Waals surface area contributed by atoms with Crippen LogP contribution in [0.25, 0.3) is 10.9 Å². The number of nitrogens with one attached hydrogen (secondary N) is 1. The fourth-order valence-electron chi connectivity index (χ4n) is 3.59. The number of benzene rings is 1. The van der Waals surface area contributed by atoms with E-state index in [1.54, 1.807) is 16.7 Å². The zero-order valence-corrected chi connectivity index (χ0v) is 19.9. The number of hydrogen-bond donors (Lipinski definition) is 1. The minimum absolute atomic E-state index is 0.0878. The highest BCUT2D eigenvalue weighted by atomic mass is 32.2. The minimum Gasteiger partial charge on any atom is -0.386 e. The van der Waals surface area contributed by atoms with Crippen molar-refractivity contribution in [3.05, 3.63) is 35.5 Å². The molecule has 2 heterocycles. The standard InChI is InChI=1S/C22H18F7N3O5S/c23-9-16(33)15(8-17(34)37-20(36)22(27,28)29)31-19(35)13-10-30-14-7-11(21(24,25)26)1-2-12(14)18(13)32-3-5-38-6-4-32/h1-2,7,10,15H,3-6,8-9H2,(H,31,35). The van der Waals surface area contributed by atoms with Crippen molar-refractivity contribution in [3.63, 3.8) is 0 Å². The van der Waals surface area contributed by atoms with Crippen molar-refractivity contribution in [2.75, 3.05) is 36.2 Å². The van der Waals surface area contributed by atoms with Crippen LogP contribution >= 0.6 is 11.8 Å². The number of amides is 1. The van der Waals surface area contributed by atoms with Gasteiger partial charge in [0.05, 0.1) is 28.8 Å². The predicted molar refractivity (Wildman–Crippen MR) is 120 cm³/mol. The van der Waals surface area contributed by atoms with Crippen LogP contribution < -0.4 is 10.2 Å². The number of carbonyl (C=O) groups is 4. The Bertz CT molecular complexity index is 1250. The van der Waals surface area contributed by atoms with Gasteiger partial charge in [-0.2, -0.15) is 38.1 Å². The first-order valence-electron chi connectivity index (χ1n) is 10.8. The summed E-state index contributed by atoms with van der Waals surface area (Å²) in [5.41, 5.74) is -1.13. The Labute approximate surface area is 213 Å². The third kappa shape index (κ3) is 6.90. The first-order valence-corrected chi connectivity index (χ1v) is 11.9. The van der Waals surface area contributed by atoms with Crippen LogP contribution in [-0.2, 0) is 25.3 Å². The number of pyridine rings is 1. The zero-order valence-electron chi connectivity index (χ0n) is 19.1. The molecule has 1 aromatic carbocycles. The molecule has 0 spiro atoms. The van der Waals surface area contributed by atoms with Gasteiger partial charge in [0.25, 0.3) is 5.91 Å². The number of thioether (sulfide) groups is 1. The van der Waals surface area contributed by atoms with Crippen LogP contribution in [0.1, 0.15) is 22.3 Å². The average Bonchev–Trinajstić information content (AvgIpc) is 2.86. The van der Waals surface area contributed by atoms with Gasteiger partial charge >= 0.3 is 24.3 Å². The molecule has 0 aliphatic carbocycles. The highest BCUT2D eigenvalue weighted by Gasteiger charge is 2.43. The molecular weight excluding hydrogens is 551 g/mol. The summed E-state index contributed by atoms with van der Waals surface area (Å²) in [6, 6.07) is 0.719. The molecule has 1 fully saturated rings. The van der Waals surface area contributed by atoms with E-state index in [0.717, 1.165) is 24.4 Å². The van der Waals surface area contributed by atoms with Gasteiger partial charge in [-0.05, 0) is 12.1 Å². The number of ketones is 1. The molecule has 206 valence electrons. The third-order valence-electron chi connectivity index (χ3n) is 5.37. The van der Waals surface area contributed by atoms with Gasteiger partial charge in [0.2, 0.25) is 0 Å². The Morgan fingerprint density at radius 1 is 1.08 bits per heavy atom. The van der Waals surface area contributed by atoms with Gasteiger partial charge < -0.3 is 15.0 Å². The van der Waals surface area contributed by atoms with Crippen molar-refractivity contribution in [3.8, 4) is 0 Å². The van der Waals surface area contributed by atoms with Crippen LogP contribution in [-0.4, -0.2) is 72.1 Å². The molecule has 2 aromatic rings. The maximum absolute atomic E-state index is 13.2. The van der Waals surface area contributed by atoms with E-state index >= 15 is 0 Å². The second kappa shape index (κ2) is 11.5. The van der Waals surface area contributed by atoms with E-state index in [-0.39, 0.29) is 22.2 Å². The number of carbonyl (C=O) groups excluding carboxylic acids is 4. The summed E-state index contributed by atoms with van der Waals surface area (Å²) in [5.74, 6) is -5.96. The Morgan fingerprint density at radius 3 is 2.32 bits per heavy atom. The van der Waals surface area contributed by atoms with E-state index in [0.29, 0.717) is 24.6 Å². The predicted octanol–water partition coefficient (Wildman–Crippen LogP) is 3.47. The number of nitrogens with zero attached hydrogens (tertiary/aromatic N) is 2. The number of halogens is 7. The molecule has 1 amide bonds. The first kappa shape index (κ1) is 29.1. The quantitative estimate of drug-likeness (QED) is 0.307. The van der Waals surface area contributed by atoms with Crippen LogP contribution in [0.4, 0.5) is 36.4 Å². The van der Waals surface area contributed by atoms with Crippen molar-refractivity contribution >= 4 is 52.0 Å². The number of anilines is 1. The Morgan fingerprint density at radius 2 is 1.74 bits per heavy atom. The molecule has 1 saturated heterocycles. The van der Waals surface area contributed by atoms with Crippen molar-refractivity contribution in [2.24, 2.45) is 0 Å². The SMILES string of the molecule is O=C(CC(NC(=O)c1cnc2cc(C(F)(F)F)ccc2c1N1CCSCC1)C(=O)CF)OC(=O)C(F)(F)F. The number of Topliss-reactive ketones (excluding diaryl/α,β-unsaturated/α-hetero) is 1. The molecule has 8 nitrogen and oxygen atoms in total. The maximum Gasteiger partial charge on any atom is 0.491 e. The van der Waals surface area contributed by atoms with Gasteiger partial charge in [-0.15, -0.1) is 0 Å². The number of fused-ring (bicyclic) bond motifs is 1. The summed E-state index contributed by atoms with van der Waals surface area (Å²) in [7, 11) is 0. The van der Waals surface area contributed by atoms with Crippen LogP contribution in [0.3, 0.4) is 0 Å². The van der Waals surface area contributed by atoms with Crippen LogP contribution in [0.2, 0.25) is 0 Å². The van der Waals surface area contributed by atoms with Crippen LogP contribution in [0.5, 0.6) is 0 Å². The lowest BCUT2D eigenvalue weighted by atomic mass is 10.0. The van der Waals surface area contributed by atoms with E-state index in [2.05, 4.69) is 9.72 Å². The van der Waals surface area contributed by atoms with Crippen LogP contribution in [0, 0.1) is 0 Å². The van der Waals surface area contributed by atoms with E-state index in [1.165, 1.54) is 0 Å². The van der Waals surface area contributed by atoms with Gasteiger partial charge in [0.1, 0.15) is 12.7 Å². The van der Waals surface area contributed by atoms with Crippen LogP contribution in [0.15, 0.2) is 24.4 Å². The number of esters is 2. The first-order chi connectivity index (χ1) is 17.7. The lowest BCUT2D eigenvalue weighted by Gasteiger charge is -2.31. The monoisotopic (exact) mass is 569 g/mol. The minimum atomic E-state index is -5.51. The van der Waals surface area contributed by atoms with Crippen molar-refractivity contribution in [1.82, 2.24) is 10.3 Å². The smallest absolute Gasteiger partial charge is 0.386 e. The number of aromatic nitrogens is 1. The molecule has 1 atom stereocenters. The highest BCUT2D eigenvalue weighted by molar-refractivity contribution is 7.99. The molecule has 1 N–H and O–H groups in total. The number of hydrogen-bond acceptors (Lipinski definition) is 8. The molecule has 38 heavy (non-hydrogen) atoms. The van der Waals surface area contributed by atoms with Crippen molar-refractivity contribution in [2.45, 2.75) is 24.8 Å². The average molecular weight is 569 g/mol. The number of ether oxygens (including phenoxy) is 1. The topological polar surface area (TPSA) is 106 Å². The zero-order chi connectivity index (χ0) is 28.3. The van der Waals surface area contributed by atoms with E-state index in [1.807, 2.05) is 5.32 Å². The molecule has 16 heteroatoms. The number of alkyl halides is 7. The molecule has 0 saturated carbocycles. The fourth-order valence-corrected chi connectivity index (χ4v) is 4.50. The lowest BCUT2D eigenvalue weighted by molar-refractivity contribution is -0.202.